The summed E-state index contributed by atoms with van der Waals surface area (Å²) in [4.78, 5) is 0. The monoisotopic (exact) mass is 660 g/mol. The second-order valence-electron chi connectivity index (χ2n) is 7.65. The normalized spacial score (nSPS) is 16.3. The van der Waals surface area contributed by atoms with Crippen molar-refractivity contribution in [2.24, 2.45) is 0 Å². The minimum absolute atomic E-state index is 0.0822. The topological polar surface area (TPSA) is 18.5 Å². The van der Waals surface area contributed by atoms with Crippen molar-refractivity contribution in [3.63, 3.8) is 0 Å². The van der Waals surface area contributed by atoms with Gasteiger partial charge in [-0.1, -0.05) is 0 Å². The molecule has 212 valence electrons. The average molecular weight is 659 g/mol. The van der Waals surface area contributed by atoms with Crippen LogP contribution >= 0.6 is 0 Å². The van der Waals surface area contributed by atoms with E-state index in [4.69, 9.17) is 0 Å². The molecule has 0 aliphatic rings. The van der Waals surface area contributed by atoms with Gasteiger partial charge in [0.1, 0.15) is 0 Å². The Morgan fingerprint density at radius 3 is 1.03 bits per heavy atom. The molecular weight excluding hydrogens is 633 g/mol. The Morgan fingerprint density at radius 2 is 0.800 bits per heavy atom. The van der Waals surface area contributed by atoms with E-state index in [2.05, 4.69) is 6.15 Å². The number of rotatable bonds is 18. The van der Waals surface area contributed by atoms with E-state index in [9.17, 15) is 52.7 Å². The summed E-state index contributed by atoms with van der Waals surface area (Å²) in [7, 11) is 0. The summed E-state index contributed by atoms with van der Waals surface area (Å²) in [5.74, 6) is -26.5. The van der Waals surface area contributed by atoms with Crippen molar-refractivity contribution in [2.45, 2.75) is 97.3 Å². The van der Waals surface area contributed by atoms with Gasteiger partial charge in [0.05, 0.1) is 0 Å². The molecule has 0 aromatic rings. The molecule has 0 saturated heterocycles. The van der Waals surface area contributed by atoms with E-state index in [0.29, 0.717) is 12.8 Å². The van der Waals surface area contributed by atoms with Gasteiger partial charge in [0.15, 0.2) is 0 Å². The molecule has 0 aromatic heterocycles. The second kappa shape index (κ2) is 13.5. The molecule has 0 saturated carbocycles. The van der Waals surface area contributed by atoms with Crippen LogP contribution in [0.3, 0.4) is 0 Å². The minimum atomic E-state index is -8.20. The molecule has 0 amide bonds. The second-order valence-corrected chi connectivity index (χ2v) is 16.3. The summed E-state index contributed by atoms with van der Waals surface area (Å²) >= 11 is -8.20. The molecule has 2 nitrogen and oxygen atoms in total. The summed E-state index contributed by atoms with van der Waals surface area (Å²) in [6, 6.07) is 0. The van der Waals surface area contributed by atoms with Crippen molar-refractivity contribution in [2.75, 3.05) is 13.2 Å². The quantitative estimate of drug-likeness (QED) is 0.0855. The molecule has 0 aliphatic carbocycles. The van der Waals surface area contributed by atoms with E-state index in [1.165, 1.54) is 13.8 Å². The van der Waals surface area contributed by atoms with Crippen LogP contribution in [-0.4, -0.2) is 77.3 Å². The molecule has 0 bridgehead atoms. The van der Waals surface area contributed by atoms with Crippen molar-refractivity contribution in [3.8, 4) is 0 Å². The van der Waals surface area contributed by atoms with Gasteiger partial charge in [0.25, 0.3) is 0 Å². The van der Waals surface area contributed by atoms with Gasteiger partial charge in [-0.2, -0.15) is 0 Å². The molecule has 0 radical (unpaired) electrons. The Kier molecular flexibility index (Phi) is 13.4. The van der Waals surface area contributed by atoms with E-state index in [0.717, 1.165) is 0 Å². The third-order valence-corrected chi connectivity index (χ3v) is 14.8. The Labute approximate surface area is 197 Å². The van der Waals surface area contributed by atoms with Crippen molar-refractivity contribution >= 4 is 19.2 Å². The van der Waals surface area contributed by atoms with E-state index in [1.54, 1.807) is 0 Å². The number of unbranched alkanes of at least 4 members (excludes halogenated alkanes) is 4. The molecule has 0 aromatic carbocycles. The van der Waals surface area contributed by atoms with Gasteiger partial charge >= 0.3 is 197 Å². The first-order chi connectivity index (χ1) is 15.8. The fraction of sp³-hybridized carbons (Fsp3) is 1.00. The van der Waals surface area contributed by atoms with Crippen LogP contribution in [-0.2, 0) is 6.15 Å². The van der Waals surface area contributed by atoms with E-state index in [-0.39, 0.29) is 25.7 Å². The van der Waals surface area contributed by atoms with Crippen LogP contribution in [0.4, 0.5) is 61.5 Å². The Hall–Kier alpha value is -0.261. The van der Waals surface area contributed by atoms with Gasteiger partial charge in [0, 0.05) is 0 Å². The first-order valence-corrected chi connectivity index (χ1v) is 16.1. The standard InChI is InChI=1S/2C5H11O.2C4H2F7.Sn/c2*1-2-3-4-5-6;2*5-1-3(8,9)4(10,11)2(6)7;/h2*2-5H2,1H3;2*1-2H;/q2*-1;;;+2. The number of alkyl halides is 14. The number of halogens is 14. The van der Waals surface area contributed by atoms with Crippen LogP contribution in [0.15, 0.2) is 0 Å². The molecule has 2 unspecified atom stereocenters. The molecular formula is C18H26F14O2Sn. The van der Waals surface area contributed by atoms with E-state index >= 15 is 8.78 Å². The fourth-order valence-electron chi connectivity index (χ4n) is 2.76. The van der Waals surface area contributed by atoms with Gasteiger partial charge in [-0.15, -0.1) is 0 Å². The van der Waals surface area contributed by atoms with E-state index in [1.807, 2.05) is 0 Å². The predicted molar refractivity (Wildman–Crippen MR) is 98.3 cm³/mol. The van der Waals surface area contributed by atoms with E-state index < -0.39 is 77.3 Å². The van der Waals surface area contributed by atoms with Crippen LogP contribution < -0.4 is 0 Å². The van der Waals surface area contributed by atoms with Crippen LogP contribution in [0.1, 0.15) is 52.4 Å². The Bertz CT molecular complexity index is 568. The van der Waals surface area contributed by atoms with Crippen molar-refractivity contribution in [1.29, 1.82) is 0 Å². The summed E-state index contributed by atoms with van der Waals surface area (Å²) in [6.45, 7) is 0.765. The first kappa shape index (κ1) is 34.7. The molecule has 2 atom stereocenters. The molecule has 0 N–H and O–H groups in total. The summed E-state index contributed by atoms with van der Waals surface area (Å²) < 4.78 is 190. The molecule has 35 heavy (non-hydrogen) atoms. The first-order valence-electron chi connectivity index (χ1n) is 10.5. The van der Waals surface area contributed by atoms with Crippen molar-refractivity contribution in [3.05, 3.63) is 0 Å². The van der Waals surface area contributed by atoms with Crippen LogP contribution in [0.2, 0.25) is 0 Å². The Morgan fingerprint density at radius 1 is 0.514 bits per heavy atom. The van der Waals surface area contributed by atoms with Crippen molar-refractivity contribution < 1.29 is 67.6 Å². The van der Waals surface area contributed by atoms with Crippen LogP contribution in [0.5, 0.6) is 0 Å². The van der Waals surface area contributed by atoms with Gasteiger partial charge in [-0.25, -0.2) is 0 Å². The molecule has 0 rings (SSSR count). The van der Waals surface area contributed by atoms with Crippen LogP contribution in [0, 0.1) is 0 Å². The molecule has 17 heteroatoms. The maximum absolute atomic E-state index is 15.0. The molecule has 0 heterocycles. The molecule has 0 spiro atoms. The maximum atomic E-state index is 15.0. The van der Waals surface area contributed by atoms with Gasteiger partial charge in [0.2, 0.25) is 0 Å². The van der Waals surface area contributed by atoms with Gasteiger partial charge in [-0.05, 0) is 0 Å². The summed E-state index contributed by atoms with van der Waals surface area (Å²) in [5.41, 5.74) is 0. The third kappa shape index (κ3) is 7.41. The van der Waals surface area contributed by atoms with Gasteiger partial charge < -0.3 is 0 Å². The molecule has 0 aliphatic heterocycles. The zero-order valence-corrected chi connectivity index (χ0v) is 21.4. The fourth-order valence-corrected chi connectivity index (χ4v) is 12.0. The SMILES string of the molecule is CCCCC[O][Sn]([O]CCCCC)([CH](F)C(F)(F)C(F)(F)C(F)F)[CH](F)C(F)(F)C(F)(F)C(F)F. The zero-order chi connectivity index (χ0) is 27.9. The van der Waals surface area contributed by atoms with Crippen LogP contribution in [0.25, 0.3) is 0 Å². The third-order valence-electron chi connectivity index (χ3n) is 4.93. The van der Waals surface area contributed by atoms with Gasteiger partial charge in [-0.3, -0.25) is 0 Å². The predicted octanol–water partition coefficient (Wildman–Crippen LogP) is 7.67. The average Bonchev–Trinajstić information content (AvgIpc) is 2.76. The number of hydrogen-bond donors (Lipinski definition) is 0. The summed E-state index contributed by atoms with van der Waals surface area (Å²) in [5, 5.41) is 0. The number of hydrogen-bond acceptors (Lipinski definition) is 2. The summed E-state index contributed by atoms with van der Waals surface area (Å²) in [6.07, 6.45) is -10.5. The van der Waals surface area contributed by atoms with Crippen molar-refractivity contribution in [1.82, 2.24) is 0 Å². The Balaban J connectivity index is 6.87. The zero-order valence-electron chi connectivity index (χ0n) is 18.6. The molecule has 0 fully saturated rings.